The van der Waals surface area contributed by atoms with Crippen LogP contribution in [0.4, 0.5) is 0 Å². The van der Waals surface area contributed by atoms with Crippen molar-refractivity contribution in [3.05, 3.63) is 70.6 Å². The van der Waals surface area contributed by atoms with E-state index in [-0.39, 0.29) is 23.8 Å². The Balaban J connectivity index is 1.28. The molecule has 0 amide bonds. The zero-order valence-electron chi connectivity index (χ0n) is 18.5. The molecule has 1 aliphatic heterocycles. The fourth-order valence-electron chi connectivity index (χ4n) is 4.49. The Morgan fingerprint density at radius 3 is 2.56 bits per heavy atom. The van der Waals surface area contributed by atoms with Crippen molar-refractivity contribution in [1.29, 1.82) is 0 Å². The lowest BCUT2D eigenvalue weighted by atomic mass is 10.0. The highest BCUT2D eigenvalue weighted by Crippen LogP contribution is 2.25. The van der Waals surface area contributed by atoms with Gasteiger partial charge in [0.05, 0.1) is 24.2 Å². The second kappa shape index (κ2) is 10.6. The number of carbonyl (C=O) groups excluding carboxylic acids is 1. The van der Waals surface area contributed by atoms with Crippen molar-refractivity contribution in [2.45, 2.75) is 38.3 Å². The highest BCUT2D eigenvalue weighted by atomic mass is 16.6. The van der Waals surface area contributed by atoms with Gasteiger partial charge in [0, 0.05) is 32.6 Å². The highest BCUT2D eigenvalue weighted by molar-refractivity contribution is 5.75. The number of nitrogens with zero attached hydrogens (tertiary/aromatic N) is 2. The Kier molecular flexibility index (Phi) is 7.39. The molecule has 2 aromatic carbocycles. The Morgan fingerprint density at radius 2 is 1.81 bits per heavy atom. The maximum atomic E-state index is 12.5. The first kappa shape index (κ1) is 22.3. The van der Waals surface area contributed by atoms with Gasteiger partial charge in [-0.25, -0.2) is 4.79 Å². The second-order valence-corrected chi connectivity index (χ2v) is 8.39. The van der Waals surface area contributed by atoms with Crippen molar-refractivity contribution in [2.24, 2.45) is 0 Å². The van der Waals surface area contributed by atoms with Gasteiger partial charge in [-0.05, 0) is 37.0 Å². The monoisotopic (exact) mass is 437 g/mol. The van der Waals surface area contributed by atoms with E-state index in [1.54, 1.807) is 0 Å². The summed E-state index contributed by atoms with van der Waals surface area (Å²) < 4.78 is 13.2. The molecule has 1 fully saturated rings. The summed E-state index contributed by atoms with van der Waals surface area (Å²) in [6.07, 6.45) is 2.29. The van der Waals surface area contributed by atoms with Gasteiger partial charge in [0.25, 0.3) is 0 Å². The van der Waals surface area contributed by atoms with Gasteiger partial charge in [0.15, 0.2) is 0 Å². The maximum absolute atomic E-state index is 12.5. The quantitative estimate of drug-likeness (QED) is 0.411. The summed E-state index contributed by atoms with van der Waals surface area (Å²) in [4.78, 5) is 29.3. The van der Waals surface area contributed by atoms with Crippen LogP contribution in [-0.4, -0.2) is 59.4 Å². The van der Waals surface area contributed by atoms with Gasteiger partial charge in [-0.2, -0.15) is 0 Å². The van der Waals surface area contributed by atoms with Crippen LogP contribution in [0.5, 0.6) is 0 Å². The molecule has 3 aromatic rings. The minimum absolute atomic E-state index is 0.0470. The van der Waals surface area contributed by atoms with E-state index in [1.807, 2.05) is 47.0 Å². The number of aromatic nitrogens is 2. The van der Waals surface area contributed by atoms with E-state index in [9.17, 15) is 9.59 Å². The predicted molar refractivity (Wildman–Crippen MR) is 124 cm³/mol. The number of fused-ring (bicyclic) bond motifs is 1. The standard InChI is InChI=1S/C25H31N3O4/c1-19(29)32-22(18-31-16-13-20-7-3-2-4-8-20)17-27-14-11-21(12-15-27)28-24-10-6-5-9-23(24)26-25(28)30/h2-10,21-22H,11-18H2,1H3,(H,26,30). The number of aromatic amines is 1. The number of benzene rings is 2. The van der Waals surface area contributed by atoms with Crippen LogP contribution in [0.1, 0.15) is 31.4 Å². The first-order chi connectivity index (χ1) is 15.6. The molecule has 7 nitrogen and oxygen atoms in total. The third-order valence-electron chi connectivity index (χ3n) is 6.02. The van der Waals surface area contributed by atoms with Crippen LogP contribution in [0.3, 0.4) is 0 Å². The molecule has 4 rings (SSSR count). The summed E-state index contributed by atoms with van der Waals surface area (Å²) >= 11 is 0. The van der Waals surface area contributed by atoms with Crippen LogP contribution in [-0.2, 0) is 20.7 Å². The smallest absolute Gasteiger partial charge is 0.326 e. The van der Waals surface area contributed by atoms with Crippen LogP contribution in [0.25, 0.3) is 11.0 Å². The van der Waals surface area contributed by atoms with E-state index in [0.29, 0.717) is 19.8 Å². The molecule has 1 atom stereocenters. The van der Waals surface area contributed by atoms with Crippen molar-refractivity contribution in [2.75, 3.05) is 32.8 Å². The molecule has 1 aliphatic rings. The largest absolute Gasteiger partial charge is 0.459 e. The molecule has 170 valence electrons. The molecule has 0 radical (unpaired) electrons. The molecule has 1 saturated heterocycles. The summed E-state index contributed by atoms with van der Waals surface area (Å²) in [7, 11) is 0. The summed E-state index contributed by atoms with van der Waals surface area (Å²) in [5.41, 5.74) is 3.02. The summed E-state index contributed by atoms with van der Waals surface area (Å²) in [6, 6.07) is 18.2. The average Bonchev–Trinajstić information content (AvgIpc) is 3.13. The topological polar surface area (TPSA) is 76.6 Å². The molecule has 0 spiro atoms. The number of nitrogens with one attached hydrogen (secondary N) is 1. The third-order valence-corrected chi connectivity index (χ3v) is 6.02. The molecular formula is C25H31N3O4. The molecule has 2 heterocycles. The second-order valence-electron chi connectivity index (χ2n) is 8.39. The summed E-state index contributed by atoms with van der Waals surface area (Å²) in [5, 5.41) is 0. The van der Waals surface area contributed by atoms with Crippen LogP contribution in [0.15, 0.2) is 59.4 Å². The predicted octanol–water partition coefficient (Wildman–Crippen LogP) is 3.16. The van der Waals surface area contributed by atoms with Gasteiger partial charge >= 0.3 is 11.7 Å². The highest BCUT2D eigenvalue weighted by Gasteiger charge is 2.26. The number of ether oxygens (including phenoxy) is 2. The molecule has 0 bridgehead atoms. The van der Waals surface area contributed by atoms with E-state index in [4.69, 9.17) is 9.47 Å². The number of hydrogen-bond donors (Lipinski definition) is 1. The van der Waals surface area contributed by atoms with E-state index in [1.165, 1.54) is 12.5 Å². The average molecular weight is 438 g/mol. The summed E-state index contributed by atoms with van der Waals surface area (Å²) in [5.74, 6) is -0.290. The molecule has 32 heavy (non-hydrogen) atoms. The van der Waals surface area contributed by atoms with Gasteiger partial charge in [0.2, 0.25) is 0 Å². The molecule has 1 aromatic heterocycles. The SMILES string of the molecule is CC(=O)OC(COCCc1ccccc1)CN1CCC(n2c(=O)[nH]c3ccccc32)CC1. The van der Waals surface area contributed by atoms with E-state index in [0.717, 1.165) is 43.4 Å². The number of rotatable bonds is 9. The van der Waals surface area contributed by atoms with Crippen molar-refractivity contribution >= 4 is 17.0 Å². The molecule has 0 aliphatic carbocycles. The van der Waals surface area contributed by atoms with E-state index >= 15 is 0 Å². The number of carbonyl (C=O) groups is 1. The zero-order valence-corrected chi connectivity index (χ0v) is 18.5. The van der Waals surface area contributed by atoms with E-state index < -0.39 is 0 Å². The fraction of sp³-hybridized carbons (Fsp3) is 0.440. The molecule has 1 unspecified atom stereocenters. The number of esters is 1. The number of H-pyrrole nitrogens is 1. The third kappa shape index (κ3) is 5.66. The van der Waals surface area contributed by atoms with Gasteiger partial charge in [0.1, 0.15) is 6.10 Å². The number of imidazole rings is 1. The van der Waals surface area contributed by atoms with E-state index in [2.05, 4.69) is 22.0 Å². The summed E-state index contributed by atoms with van der Waals surface area (Å²) in [6.45, 7) is 4.74. The fourth-order valence-corrected chi connectivity index (χ4v) is 4.49. The molecule has 0 saturated carbocycles. The van der Waals surface area contributed by atoms with Gasteiger partial charge in [-0.15, -0.1) is 0 Å². The lowest BCUT2D eigenvalue weighted by molar-refractivity contribution is -0.150. The van der Waals surface area contributed by atoms with Crippen molar-refractivity contribution in [3.63, 3.8) is 0 Å². The zero-order chi connectivity index (χ0) is 22.3. The molecular weight excluding hydrogens is 406 g/mol. The first-order valence-corrected chi connectivity index (χ1v) is 11.3. The van der Waals surface area contributed by atoms with Crippen LogP contribution < -0.4 is 5.69 Å². The lowest BCUT2D eigenvalue weighted by Crippen LogP contribution is -2.43. The van der Waals surface area contributed by atoms with Gasteiger partial charge < -0.3 is 14.5 Å². The van der Waals surface area contributed by atoms with Gasteiger partial charge in [-0.3, -0.25) is 14.3 Å². The van der Waals surface area contributed by atoms with Gasteiger partial charge in [-0.1, -0.05) is 42.5 Å². The minimum Gasteiger partial charge on any atom is -0.459 e. The number of hydrogen-bond acceptors (Lipinski definition) is 5. The molecule has 1 N–H and O–H groups in total. The normalized spacial score (nSPS) is 16.3. The first-order valence-electron chi connectivity index (χ1n) is 11.3. The Labute approximate surface area is 187 Å². The van der Waals surface area contributed by atoms with Crippen molar-refractivity contribution < 1.29 is 14.3 Å². The Hall–Kier alpha value is -2.90. The van der Waals surface area contributed by atoms with Crippen molar-refractivity contribution in [1.82, 2.24) is 14.5 Å². The Bertz CT molecular complexity index is 1070. The number of para-hydroxylation sites is 2. The Morgan fingerprint density at radius 1 is 1.09 bits per heavy atom. The molecule has 7 heteroatoms. The van der Waals surface area contributed by atoms with Crippen LogP contribution in [0, 0.1) is 0 Å². The van der Waals surface area contributed by atoms with Crippen molar-refractivity contribution in [3.8, 4) is 0 Å². The minimum atomic E-state index is -0.296. The van der Waals surface area contributed by atoms with Crippen LogP contribution >= 0.6 is 0 Å². The number of likely N-dealkylation sites (tertiary alicyclic amines) is 1. The maximum Gasteiger partial charge on any atom is 0.326 e. The van der Waals surface area contributed by atoms with Crippen LogP contribution in [0.2, 0.25) is 0 Å². The lowest BCUT2D eigenvalue weighted by Gasteiger charge is -2.34. The number of piperidine rings is 1.